The molecule has 1 amide bonds. The van der Waals surface area contributed by atoms with Crippen molar-refractivity contribution >= 4 is 33.5 Å². The van der Waals surface area contributed by atoms with Gasteiger partial charge in [0.25, 0.3) is 0 Å². The number of carboxylic acids is 1. The monoisotopic (exact) mass is 488 g/mol. The minimum absolute atomic E-state index is 0.188. The first-order valence-corrected chi connectivity index (χ1v) is 11.1. The number of nitrogens with one attached hydrogen (secondary N) is 2. The van der Waals surface area contributed by atoms with Gasteiger partial charge >= 0.3 is 5.97 Å². The summed E-state index contributed by atoms with van der Waals surface area (Å²) < 4.78 is 16.2. The summed E-state index contributed by atoms with van der Waals surface area (Å²) in [5.41, 5.74) is 0.571. The molecule has 0 aromatic heterocycles. The Hall–Kier alpha value is -2.25. The highest BCUT2D eigenvalue weighted by Crippen LogP contribution is 2.57. The molecule has 0 radical (unpaired) electrons. The van der Waals surface area contributed by atoms with E-state index in [1.165, 1.54) is 0 Å². The Morgan fingerprint density at radius 3 is 2.61 bits per heavy atom. The van der Waals surface area contributed by atoms with Crippen LogP contribution in [-0.2, 0) is 15.0 Å². The van der Waals surface area contributed by atoms with Crippen molar-refractivity contribution in [2.75, 3.05) is 5.32 Å². The minimum atomic E-state index is -1.25. The molecular formula is C24H26BrFN2O3. The number of carbonyl (C=O) groups is 2. The maximum atomic E-state index is 15.4. The van der Waals surface area contributed by atoms with Crippen molar-refractivity contribution in [3.8, 4) is 0 Å². The van der Waals surface area contributed by atoms with Crippen LogP contribution in [0.5, 0.6) is 0 Å². The first kappa shape index (κ1) is 22.0. The van der Waals surface area contributed by atoms with E-state index in [1.54, 1.807) is 25.1 Å². The Labute approximate surface area is 189 Å². The Bertz CT molecular complexity index is 1080. The van der Waals surface area contributed by atoms with Crippen LogP contribution in [0, 0.1) is 18.2 Å². The highest BCUT2D eigenvalue weighted by atomic mass is 79.9. The van der Waals surface area contributed by atoms with Crippen LogP contribution in [0.25, 0.3) is 0 Å². The number of hydrogen-bond donors (Lipinski definition) is 3. The van der Waals surface area contributed by atoms with Crippen LogP contribution in [0.1, 0.15) is 49.8 Å². The molecule has 1 spiro atoms. The number of rotatable bonds is 3. The second-order valence-corrected chi connectivity index (χ2v) is 10.7. The quantitative estimate of drug-likeness (QED) is 0.583. The van der Waals surface area contributed by atoms with E-state index in [0.29, 0.717) is 23.2 Å². The summed E-state index contributed by atoms with van der Waals surface area (Å²) in [6.07, 6.45) is 0.545. The van der Waals surface area contributed by atoms with Crippen LogP contribution in [0.3, 0.4) is 0 Å². The number of aliphatic carboxylic acids is 1. The zero-order valence-corrected chi connectivity index (χ0v) is 19.5. The molecule has 31 heavy (non-hydrogen) atoms. The maximum Gasteiger partial charge on any atom is 0.321 e. The van der Waals surface area contributed by atoms with E-state index in [9.17, 15) is 14.7 Å². The number of anilines is 1. The Morgan fingerprint density at radius 2 is 1.97 bits per heavy atom. The smallest absolute Gasteiger partial charge is 0.321 e. The third-order valence-corrected chi connectivity index (χ3v) is 6.94. The van der Waals surface area contributed by atoms with Crippen molar-refractivity contribution in [1.29, 1.82) is 0 Å². The maximum absolute atomic E-state index is 15.4. The second-order valence-electron chi connectivity index (χ2n) is 9.77. The van der Waals surface area contributed by atoms with Crippen LogP contribution in [0.4, 0.5) is 10.1 Å². The lowest BCUT2D eigenvalue weighted by atomic mass is 9.62. The largest absolute Gasteiger partial charge is 0.480 e. The van der Waals surface area contributed by atoms with Crippen LogP contribution in [-0.4, -0.2) is 29.1 Å². The Morgan fingerprint density at radius 1 is 1.26 bits per heavy atom. The van der Waals surface area contributed by atoms with Gasteiger partial charge in [-0.1, -0.05) is 61.0 Å². The van der Waals surface area contributed by atoms with Crippen molar-refractivity contribution in [3.05, 3.63) is 63.4 Å². The Balaban J connectivity index is 2.04. The summed E-state index contributed by atoms with van der Waals surface area (Å²) in [7, 11) is 0. The van der Waals surface area contributed by atoms with Crippen LogP contribution >= 0.6 is 15.9 Å². The van der Waals surface area contributed by atoms with E-state index in [0.717, 1.165) is 4.47 Å². The fourth-order valence-corrected chi connectivity index (χ4v) is 5.65. The number of carbonyl (C=O) groups excluding carboxylic acids is 1. The molecule has 1 saturated heterocycles. The lowest BCUT2D eigenvalue weighted by Gasteiger charge is -2.37. The molecule has 5 nitrogen and oxygen atoms in total. The van der Waals surface area contributed by atoms with Crippen LogP contribution < -0.4 is 10.6 Å². The van der Waals surface area contributed by atoms with Gasteiger partial charge in [-0.05, 0) is 47.6 Å². The second kappa shape index (κ2) is 7.41. The molecule has 2 aromatic carbocycles. The highest BCUT2D eigenvalue weighted by molar-refractivity contribution is 9.10. The molecule has 7 heteroatoms. The summed E-state index contributed by atoms with van der Waals surface area (Å²) in [5, 5.41) is 16.3. The van der Waals surface area contributed by atoms with Gasteiger partial charge in [-0.15, -0.1) is 0 Å². The van der Waals surface area contributed by atoms with E-state index in [2.05, 4.69) is 26.6 Å². The van der Waals surface area contributed by atoms with Crippen LogP contribution in [0.2, 0.25) is 0 Å². The number of amides is 1. The molecule has 1 fully saturated rings. The minimum Gasteiger partial charge on any atom is -0.480 e. The van der Waals surface area contributed by atoms with E-state index < -0.39 is 35.2 Å². The first-order valence-electron chi connectivity index (χ1n) is 10.3. The van der Waals surface area contributed by atoms with Crippen molar-refractivity contribution in [1.82, 2.24) is 5.32 Å². The van der Waals surface area contributed by atoms with E-state index in [-0.39, 0.29) is 16.9 Å². The lowest BCUT2D eigenvalue weighted by Crippen LogP contribution is -2.49. The number of aryl methyl sites for hydroxylation is 1. The summed E-state index contributed by atoms with van der Waals surface area (Å²) in [6, 6.07) is 8.88. The van der Waals surface area contributed by atoms with Crippen molar-refractivity contribution in [3.63, 3.8) is 0 Å². The standard InChI is InChI=1S/C24H26BrFN2O3/c1-12-6-5-7-14(19(12)26)18-20(21(29)30)28-17(11-23(2,3)4)24(18)15-9-8-13(25)10-16(15)27-22(24)31/h5-10,17-18,20,28H,11H2,1-4H3,(H,27,31)(H,29,30)/t17?,18?,20-,24-/m1/s1. The molecule has 164 valence electrons. The Kier molecular flexibility index (Phi) is 5.25. The summed E-state index contributed by atoms with van der Waals surface area (Å²) in [5.74, 6) is -2.76. The highest BCUT2D eigenvalue weighted by Gasteiger charge is 2.66. The van der Waals surface area contributed by atoms with Gasteiger partial charge in [0.1, 0.15) is 17.3 Å². The van der Waals surface area contributed by atoms with Gasteiger partial charge in [-0.3, -0.25) is 14.9 Å². The normalized spacial score (nSPS) is 27.4. The van der Waals surface area contributed by atoms with Gasteiger partial charge < -0.3 is 10.4 Å². The molecule has 3 N–H and O–H groups in total. The predicted octanol–water partition coefficient (Wildman–Crippen LogP) is 4.73. The molecule has 0 saturated carbocycles. The van der Waals surface area contributed by atoms with Crippen molar-refractivity contribution < 1.29 is 19.1 Å². The third-order valence-electron chi connectivity index (χ3n) is 6.44. The van der Waals surface area contributed by atoms with Crippen molar-refractivity contribution in [2.45, 2.75) is 57.5 Å². The summed E-state index contributed by atoms with van der Waals surface area (Å²) in [4.78, 5) is 26.1. The van der Waals surface area contributed by atoms with E-state index in [4.69, 9.17) is 0 Å². The van der Waals surface area contributed by atoms with Gasteiger partial charge in [-0.2, -0.15) is 0 Å². The number of hydrogen-bond acceptors (Lipinski definition) is 3. The average molecular weight is 489 g/mol. The summed E-state index contributed by atoms with van der Waals surface area (Å²) in [6.45, 7) is 7.80. The number of halogens is 2. The topological polar surface area (TPSA) is 78.4 Å². The average Bonchev–Trinajstić information content (AvgIpc) is 3.12. The molecule has 2 unspecified atom stereocenters. The lowest BCUT2D eigenvalue weighted by molar-refractivity contribution is -0.139. The third kappa shape index (κ3) is 3.38. The molecule has 2 aromatic rings. The molecule has 4 rings (SSSR count). The fraction of sp³-hybridized carbons (Fsp3) is 0.417. The van der Waals surface area contributed by atoms with Gasteiger partial charge in [0, 0.05) is 22.1 Å². The van der Waals surface area contributed by atoms with Crippen LogP contribution in [0.15, 0.2) is 40.9 Å². The molecule has 0 bridgehead atoms. The van der Waals surface area contributed by atoms with E-state index >= 15 is 4.39 Å². The first-order chi connectivity index (χ1) is 14.5. The SMILES string of the molecule is Cc1cccc(C2[C@H](C(=O)O)NC(CC(C)(C)C)[C@@]23C(=O)Nc2cc(Br)ccc23)c1F. The van der Waals surface area contributed by atoms with Gasteiger partial charge in [0.05, 0.1) is 0 Å². The van der Waals surface area contributed by atoms with Crippen molar-refractivity contribution in [2.24, 2.45) is 5.41 Å². The molecule has 4 atom stereocenters. The number of benzene rings is 2. The number of fused-ring (bicyclic) bond motifs is 2. The predicted molar refractivity (Wildman–Crippen MR) is 121 cm³/mol. The van der Waals surface area contributed by atoms with E-state index in [1.807, 2.05) is 39.0 Å². The molecular weight excluding hydrogens is 463 g/mol. The van der Waals surface area contributed by atoms with Gasteiger partial charge in [-0.25, -0.2) is 4.39 Å². The summed E-state index contributed by atoms with van der Waals surface area (Å²) >= 11 is 3.44. The zero-order chi connectivity index (χ0) is 22.7. The fourth-order valence-electron chi connectivity index (χ4n) is 5.29. The molecule has 2 heterocycles. The van der Waals surface area contributed by atoms with Gasteiger partial charge in [0.2, 0.25) is 5.91 Å². The molecule has 2 aliphatic heterocycles. The zero-order valence-electron chi connectivity index (χ0n) is 17.9. The van der Waals surface area contributed by atoms with Gasteiger partial charge in [0.15, 0.2) is 0 Å². The molecule has 2 aliphatic rings. The molecule has 0 aliphatic carbocycles. The number of carboxylic acid groups (broad SMARTS) is 1.